The van der Waals surface area contributed by atoms with Crippen molar-refractivity contribution in [2.75, 3.05) is 7.11 Å². The van der Waals surface area contributed by atoms with Crippen LogP contribution in [0.1, 0.15) is 5.56 Å². The Morgan fingerprint density at radius 2 is 2.27 bits per heavy atom. The molecule has 6 nitrogen and oxygen atoms in total. The minimum atomic E-state index is -0.592. The SMILES string of the molecule is COC(=O)/C=C1/S/C(=N\N=Cc2ccc(I)c(Br)c2)NC1=O. The number of carbonyl (C=O) groups is 2. The van der Waals surface area contributed by atoms with Crippen LogP contribution >= 0.6 is 50.3 Å². The van der Waals surface area contributed by atoms with E-state index < -0.39 is 11.9 Å². The molecule has 0 radical (unpaired) electrons. The number of ether oxygens (including phenoxy) is 1. The number of halogens is 2. The van der Waals surface area contributed by atoms with Gasteiger partial charge >= 0.3 is 5.97 Å². The molecule has 1 aliphatic heterocycles. The fourth-order valence-electron chi connectivity index (χ4n) is 1.38. The normalized spacial score (nSPS) is 18.2. The van der Waals surface area contributed by atoms with Crippen molar-refractivity contribution in [2.24, 2.45) is 10.2 Å². The molecule has 1 aromatic rings. The van der Waals surface area contributed by atoms with Crippen molar-refractivity contribution < 1.29 is 14.3 Å². The average Bonchev–Trinajstić information content (AvgIpc) is 2.83. The molecule has 0 bridgehead atoms. The van der Waals surface area contributed by atoms with Crippen molar-refractivity contribution >= 4 is 73.5 Å². The van der Waals surface area contributed by atoms with E-state index in [1.807, 2.05) is 18.2 Å². The minimum absolute atomic E-state index is 0.220. The summed E-state index contributed by atoms with van der Waals surface area (Å²) in [4.78, 5) is 22.9. The van der Waals surface area contributed by atoms with E-state index in [4.69, 9.17) is 0 Å². The molecule has 22 heavy (non-hydrogen) atoms. The second-order valence-electron chi connectivity index (χ2n) is 3.91. The molecule has 114 valence electrons. The summed E-state index contributed by atoms with van der Waals surface area (Å²) in [7, 11) is 1.25. The summed E-state index contributed by atoms with van der Waals surface area (Å²) in [5, 5.41) is 10.7. The molecule has 1 heterocycles. The highest BCUT2D eigenvalue weighted by molar-refractivity contribution is 14.1. The summed E-state index contributed by atoms with van der Waals surface area (Å²) in [5.41, 5.74) is 0.872. The highest BCUT2D eigenvalue weighted by Gasteiger charge is 2.24. The van der Waals surface area contributed by atoms with E-state index in [0.29, 0.717) is 5.17 Å². The second kappa shape index (κ2) is 7.88. The number of methoxy groups -OCH3 is 1. The summed E-state index contributed by atoms with van der Waals surface area (Å²) in [6.45, 7) is 0. The minimum Gasteiger partial charge on any atom is -0.466 e. The van der Waals surface area contributed by atoms with Gasteiger partial charge in [-0.3, -0.25) is 10.1 Å². The summed E-state index contributed by atoms with van der Waals surface area (Å²) in [6.07, 6.45) is 2.69. The maximum absolute atomic E-state index is 11.6. The molecule has 1 saturated heterocycles. The van der Waals surface area contributed by atoms with Crippen LogP contribution in [0.25, 0.3) is 0 Å². The van der Waals surface area contributed by atoms with Crippen LogP contribution in [0.3, 0.4) is 0 Å². The first-order valence-electron chi connectivity index (χ1n) is 5.84. The zero-order chi connectivity index (χ0) is 16.1. The third kappa shape index (κ3) is 4.65. The summed E-state index contributed by atoms with van der Waals surface area (Å²) < 4.78 is 6.54. The van der Waals surface area contributed by atoms with Crippen LogP contribution in [0.4, 0.5) is 0 Å². The van der Waals surface area contributed by atoms with Gasteiger partial charge in [0.15, 0.2) is 5.17 Å². The van der Waals surface area contributed by atoms with Gasteiger partial charge in [0.25, 0.3) is 5.91 Å². The van der Waals surface area contributed by atoms with Gasteiger partial charge in [0, 0.05) is 14.1 Å². The lowest BCUT2D eigenvalue weighted by atomic mass is 10.2. The number of rotatable bonds is 3. The Labute approximate surface area is 152 Å². The number of esters is 1. The molecule has 2 rings (SSSR count). The van der Waals surface area contributed by atoms with Crippen molar-refractivity contribution in [1.82, 2.24) is 5.32 Å². The number of nitrogens with zero attached hydrogens (tertiary/aromatic N) is 2. The lowest BCUT2D eigenvalue weighted by molar-refractivity contribution is -0.135. The van der Waals surface area contributed by atoms with Gasteiger partial charge in [-0.25, -0.2) is 4.79 Å². The Kier molecular flexibility index (Phi) is 6.15. The number of thioether (sulfide) groups is 1. The Morgan fingerprint density at radius 3 is 2.95 bits per heavy atom. The summed E-state index contributed by atoms with van der Waals surface area (Å²) in [5.74, 6) is -0.993. The first-order chi connectivity index (χ1) is 10.5. The Bertz CT molecular complexity index is 718. The molecule has 1 fully saturated rings. The Balaban J connectivity index is 2.06. The van der Waals surface area contributed by atoms with Crippen LogP contribution in [-0.4, -0.2) is 30.4 Å². The van der Waals surface area contributed by atoms with Crippen LogP contribution in [0, 0.1) is 3.57 Å². The predicted molar refractivity (Wildman–Crippen MR) is 97.7 cm³/mol. The van der Waals surface area contributed by atoms with Gasteiger partial charge in [-0.05, 0) is 68.0 Å². The van der Waals surface area contributed by atoms with Crippen LogP contribution in [0.2, 0.25) is 0 Å². The van der Waals surface area contributed by atoms with Crippen LogP contribution in [0.15, 0.2) is 43.9 Å². The van der Waals surface area contributed by atoms with E-state index in [1.54, 1.807) is 6.21 Å². The molecule has 1 N–H and O–H groups in total. The van der Waals surface area contributed by atoms with Crippen molar-refractivity contribution in [1.29, 1.82) is 0 Å². The van der Waals surface area contributed by atoms with Gasteiger partial charge in [-0.15, -0.1) is 5.10 Å². The Hall–Kier alpha value is -1.20. The largest absolute Gasteiger partial charge is 0.466 e. The predicted octanol–water partition coefficient (Wildman–Crippen LogP) is 2.66. The van der Waals surface area contributed by atoms with E-state index in [2.05, 4.69) is 58.8 Å². The average molecular weight is 494 g/mol. The summed E-state index contributed by atoms with van der Waals surface area (Å²) >= 11 is 6.67. The fourth-order valence-corrected chi connectivity index (χ4v) is 2.85. The van der Waals surface area contributed by atoms with Crippen molar-refractivity contribution in [3.05, 3.63) is 42.8 Å². The molecular formula is C13H9BrIN3O3S. The van der Waals surface area contributed by atoms with Gasteiger partial charge < -0.3 is 4.74 Å². The van der Waals surface area contributed by atoms with Crippen molar-refractivity contribution in [3.8, 4) is 0 Å². The highest BCUT2D eigenvalue weighted by Crippen LogP contribution is 2.23. The number of nitrogens with one attached hydrogen (secondary N) is 1. The number of amides is 1. The number of hydrogen-bond donors (Lipinski definition) is 1. The lowest BCUT2D eigenvalue weighted by Crippen LogP contribution is -2.19. The smallest absolute Gasteiger partial charge is 0.331 e. The van der Waals surface area contributed by atoms with E-state index in [1.165, 1.54) is 7.11 Å². The second-order valence-corrected chi connectivity index (χ2v) is 6.96. The lowest BCUT2D eigenvalue weighted by Gasteiger charge is -1.96. The number of hydrogen-bond acceptors (Lipinski definition) is 6. The maximum Gasteiger partial charge on any atom is 0.331 e. The van der Waals surface area contributed by atoms with Gasteiger partial charge in [0.05, 0.1) is 18.2 Å². The standard InChI is InChI=1S/C13H9BrIN3O3S/c1-21-11(19)5-10-12(20)17-13(22-10)18-16-6-7-2-3-9(15)8(14)4-7/h2-6H,1H3,(H,17,18,20)/b10-5+,16-6?. The maximum atomic E-state index is 11.6. The monoisotopic (exact) mass is 493 g/mol. The molecular weight excluding hydrogens is 485 g/mol. The molecule has 0 aromatic heterocycles. The molecule has 1 amide bonds. The van der Waals surface area contributed by atoms with Crippen molar-refractivity contribution in [2.45, 2.75) is 0 Å². The van der Waals surface area contributed by atoms with Gasteiger partial charge in [-0.1, -0.05) is 6.07 Å². The van der Waals surface area contributed by atoms with E-state index in [9.17, 15) is 9.59 Å². The van der Waals surface area contributed by atoms with Gasteiger partial charge in [0.1, 0.15) is 0 Å². The van der Waals surface area contributed by atoms with Gasteiger partial charge in [-0.2, -0.15) is 5.10 Å². The third-order valence-electron chi connectivity index (χ3n) is 2.40. The van der Waals surface area contributed by atoms with Crippen LogP contribution < -0.4 is 5.32 Å². The molecule has 1 aliphatic rings. The molecule has 0 atom stereocenters. The Morgan fingerprint density at radius 1 is 1.50 bits per heavy atom. The van der Waals surface area contributed by atoms with E-state index >= 15 is 0 Å². The zero-order valence-electron chi connectivity index (χ0n) is 11.2. The molecule has 0 aliphatic carbocycles. The van der Waals surface area contributed by atoms with Crippen LogP contribution in [0.5, 0.6) is 0 Å². The zero-order valence-corrected chi connectivity index (χ0v) is 15.7. The molecule has 9 heteroatoms. The third-order valence-corrected chi connectivity index (χ3v) is 5.64. The first kappa shape index (κ1) is 17.2. The van der Waals surface area contributed by atoms with Gasteiger partial charge in [0.2, 0.25) is 0 Å². The fraction of sp³-hybridized carbons (Fsp3) is 0.0769. The number of benzene rings is 1. The first-order valence-corrected chi connectivity index (χ1v) is 8.53. The van der Waals surface area contributed by atoms with E-state index in [-0.39, 0.29) is 4.91 Å². The number of amidine groups is 1. The molecule has 0 spiro atoms. The van der Waals surface area contributed by atoms with Crippen LogP contribution in [-0.2, 0) is 14.3 Å². The topological polar surface area (TPSA) is 80.1 Å². The number of carbonyl (C=O) groups excluding carboxylic acids is 2. The summed E-state index contributed by atoms with van der Waals surface area (Å²) in [6, 6.07) is 5.76. The molecule has 0 saturated carbocycles. The quantitative estimate of drug-likeness (QED) is 0.231. The van der Waals surface area contributed by atoms with E-state index in [0.717, 1.165) is 31.4 Å². The molecule has 0 unspecified atom stereocenters. The molecule has 1 aromatic carbocycles. The highest BCUT2D eigenvalue weighted by atomic mass is 127. The van der Waals surface area contributed by atoms with Crippen molar-refractivity contribution in [3.63, 3.8) is 0 Å².